The van der Waals surface area contributed by atoms with Gasteiger partial charge in [0.1, 0.15) is 5.82 Å². The molecule has 0 spiro atoms. The Morgan fingerprint density at radius 2 is 2.18 bits per heavy atom. The van der Waals surface area contributed by atoms with E-state index in [1.807, 2.05) is 0 Å². The molecule has 1 aromatic rings. The van der Waals surface area contributed by atoms with Gasteiger partial charge >= 0.3 is 0 Å². The van der Waals surface area contributed by atoms with Crippen molar-refractivity contribution in [2.24, 2.45) is 0 Å². The van der Waals surface area contributed by atoms with Crippen molar-refractivity contribution < 1.29 is 14.1 Å². The lowest BCUT2D eigenvalue weighted by Gasteiger charge is -2.26. The summed E-state index contributed by atoms with van der Waals surface area (Å²) < 4.78 is 13.5. The number of nitro groups is 1. The van der Waals surface area contributed by atoms with E-state index >= 15 is 0 Å². The van der Waals surface area contributed by atoms with Crippen LogP contribution in [-0.2, 0) is 0 Å². The molecular formula is C11H11FN2O3. The lowest BCUT2D eigenvalue weighted by molar-refractivity contribution is -0.385. The number of nitro benzene ring substituents is 1. The highest BCUT2D eigenvalue weighted by atomic mass is 19.1. The number of benzene rings is 1. The van der Waals surface area contributed by atoms with Gasteiger partial charge in [-0.2, -0.15) is 0 Å². The van der Waals surface area contributed by atoms with Crippen LogP contribution >= 0.6 is 0 Å². The Balaban J connectivity index is 2.28. The number of halogens is 1. The first-order chi connectivity index (χ1) is 8.09. The summed E-state index contributed by atoms with van der Waals surface area (Å²) in [6, 6.07) is 3.40. The molecule has 0 heterocycles. The van der Waals surface area contributed by atoms with E-state index < -0.39 is 27.9 Å². The minimum atomic E-state index is -0.865. The number of hydrogen-bond donors (Lipinski definition) is 1. The van der Waals surface area contributed by atoms with Crippen LogP contribution in [0.15, 0.2) is 18.2 Å². The summed E-state index contributed by atoms with van der Waals surface area (Å²) in [6.45, 7) is 0. The van der Waals surface area contributed by atoms with Crippen LogP contribution in [0, 0.1) is 15.9 Å². The molecular weight excluding hydrogens is 227 g/mol. The van der Waals surface area contributed by atoms with Gasteiger partial charge in [0.05, 0.1) is 4.92 Å². The SMILES string of the molecule is O=C(NC1CCC1)c1c(F)cccc1[N+](=O)[O-]. The van der Waals surface area contributed by atoms with Gasteiger partial charge in [-0.15, -0.1) is 0 Å². The highest BCUT2D eigenvalue weighted by molar-refractivity contribution is 5.98. The van der Waals surface area contributed by atoms with E-state index in [2.05, 4.69) is 5.32 Å². The third kappa shape index (κ3) is 2.25. The number of rotatable bonds is 3. The molecule has 0 atom stereocenters. The first-order valence-corrected chi connectivity index (χ1v) is 5.33. The number of hydrogen-bond acceptors (Lipinski definition) is 3. The predicted molar refractivity (Wildman–Crippen MR) is 58.2 cm³/mol. The van der Waals surface area contributed by atoms with Gasteiger partial charge in [-0.1, -0.05) is 6.07 Å². The van der Waals surface area contributed by atoms with Crippen molar-refractivity contribution in [2.45, 2.75) is 25.3 Å². The Bertz CT molecular complexity index is 472. The summed E-state index contributed by atoms with van der Waals surface area (Å²) in [5.74, 6) is -1.57. The summed E-state index contributed by atoms with van der Waals surface area (Å²) >= 11 is 0. The summed E-state index contributed by atoms with van der Waals surface area (Å²) in [6.07, 6.45) is 2.70. The topological polar surface area (TPSA) is 72.2 Å². The van der Waals surface area contributed by atoms with Crippen molar-refractivity contribution in [3.8, 4) is 0 Å². The monoisotopic (exact) mass is 238 g/mol. The summed E-state index contributed by atoms with van der Waals surface area (Å²) in [5.41, 5.74) is -0.980. The molecule has 1 aliphatic rings. The Morgan fingerprint density at radius 3 is 2.71 bits per heavy atom. The van der Waals surface area contributed by atoms with Crippen LogP contribution in [0.2, 0.25) is 0 Å². The zero-order valence-corrected chi connectivity index (χ0v) is 8.98. The second-order valence-electron chi connectivity index (χ2n) is 3.99. The van der Waals surface area contributed by atoms with Crippen LogP contribution in [0.3, 0.4) is 0 Å². The van der Waals surface area contributed by atoms with E-state index in [0.29, 0.717) is 0 Å². The fraction of sp³-hybridized carbons (Fsp3) is 0.364. The quantitative estimate of drug-likeness (QED) is 0.646. The molecule has 90 valence electrons. The van der Waals surface area contributed by atoms with Crippen molar-refractivity contribution >= 4 is 11.6 Å². The maximum absolute atomic E-state index is 13.5. The van der Waals surface area contributed by atoms with Gasteiger partial charge in [-0.25, -0.2) is 4.39 Å². The molecule has 0 bridgehead atoms. The Morgan fingerprint density at radius 1 is 1.47 bits per heavy atom. The van der Waals surface area contributed by atoms with Crippen molar-refractivity contribution in [1.29, 1.82) is 0 Å². The average molecular weight is 238 g/mol. The smallest absolute Gasteiger partial charge is 0.285 e. The summed E-state index contributed by atoms with van der Waals surface area (Å²) in [5, 5.41) is 13.3. The largest absolute Gasteiger partial charge is 0.349 e. The van der Waals surface area contributed by atoms with E-state index in [1.54, 1.807) is 0 Å². The highest BCUT2D eigenvalue weighted by Gasteiger charge is 2.27. The number of nitrogens with zero attached hydrogens (tertiary/aromatic N) is 1. The lowest BCUT2D eigenvalue weighted by atomic mass is 9.93. The van der Waals surface area contributed by atoms with Crippen LogP contribution in [0.25, 0.3) is 0 Å². The fourth-order valence-electron chi connectivity index (χ4n) is 1.70. The predicted octanol–water partition coefficient (Wildman–Crippen LogP) is 2.02. The minimum Gasteiger partial charge on any atom is -0.349 e. The average Bonchev–Trinajstić information content (AvgIpc) is 2.22. The van der Waals surface area contributed by atoms with Crippen LogP contribution in [0.4, 0.5) is 10.1 Å². The Hall–Kier alpha value is -1.98. The zero-order chi connectivity index (χ0) is 12.4. The maximum atomic E-state index is 13.5. The van der Waals surface area contributed by atoms with E-state index in [-0.39, 0.29) is 6.04 Å². The first-order valence-electron chi connectivity index (χ1n) is 5.33. The van der Waals surface area contributed by atoms with Crippen molar-refractivity contribution in [3.05, 3.63) is 39.7 Å². The van der Waals surface area contributed by atoms with Crippen LogP contribution in [0.5, 0.6) is 0 Å². The van der Waals surface area contributed by atoms with Gasteiger partial charge in [-0.3, -0.25) is 14.9 Å². The van der Waals surface area contributed by atoms with Crippen LogP contribution < -0.4 is 5.32 Å². The molecule has 1 amide bonds. The normalized spacial score (nSPS) is 15.1. The van der Waals surface area contributed by atoms with Gasteiger partial charge in [0.25, 0.3) is 11.6 Å². The Kier molecular flexibility index (Phi) is 3.03. The molecule has 6 heteroatoms. The molecule has 5 nitrogen and oxygen atoms in total. The third-order valence-corrected chi connectivity index (χ3v) is 2.86. The molecule has 0 aromatic heterocycles. The lowest BCUT2D eigenvalue weighted by Crippen LogP contribution is -2.40. The number of amides is 1. The second kappa shape index (κ2) is 4.48. The van der Waals surface area contributed by atoms with E-state index in [9.17, 15) is 19.3 Å². The standard InChI is InChI=1S/C11H11FN2O3/c12-8-5-2-6-9(14(16)17)10(8)11(15)13-7-3-1-4-7/h2,5-7H,1,3-4H2,(H,13,15). The molecule has 1 saturated carbocycles. The van der Waals surface area contributed by atoms with Crippen LogP contribution in [0.1, 0.15) is 29.6 Å². The molecule has 0 radical (unpaired) electrons. The molecule has 2 rings (SSSR count). The molecule has 0 aliphatic heterocycles. The van der Waals surface area contributed by atoms with Gasteiger partial charge in [0.2, 0.25) is 0 Å². The fourth-order valence-corrected chi connectivity index (χ4v) is 1.70. The van der Waals surface area contributed by atoms with Crippen LogP contribution in [-0.4, -0.2) is 16.9 Å². The second-order valence-corrected chi connectivity index (χ2v) is 3.99. The van der Waals surface area contributed by atoms with E-state index in [4.69, 9.17) is 0 Å². The van der Waals surface area contributed by atoms with Gasteiger partial charge in [0.15, 0.2) is 5.56 Å². The van der Waals surface area contributed by atoms with E-state index in [0.717, 1.165) is 31.4 Å². The molecule has 1 N–H and O–H groups in total. The number of carbonyl (C=O) groups is 1. The molecule has 17 heavy (non-hydrogen) atoms. The van der Waals surface area contributed by atoms with Gasteiger partial charge in [-0.05, 0) is 25.3 Å². The molecule has 0 saturated heterocycles. The maximum Gasteiger partial charge on any atom is 0.285 e. The van der Waals surface area contributed by atoms with Crippen molar-refractivity contribution in [3.63, 3.8) is 0 Å². The minimum absolute atomic E-state index is 0.0155. The summed E-state index contributed by atoms with van der Waals surface area (Å²) in [4.78, 5) is 21.7. The molecule has 0 unspecified atom stereocenters. The molecule has 1 aliphatic carbocycles. The highest BCUT2D eigenvalue weighted by Crippen LogP contribution is 2.23. The van der Waals surface area contributed by atoms with Gasteiger partial charge in [0, 0.05) is 12.1 Å². The van der Waals surface area contributed by atoms with Crippen molar-refractivity contribution in [1.82, 2.24) is 5.32 Å². The molecule has 1 aromatic carbocycles. The molecule has 1 fully saturated rings. The van der Waals surface area contributed by atoms with Gasteiger partial charge < -0.3 is 5.32 Å². The zero-order valence-electron chi connectivity index (χ0n) is 8.98. The number of nitrogens with one attached hydrogen (secondary N) is 1. The van der Waals surface area contributed by atoms with E-state index in [1.165, 1.54) is 6.07 Å². The third-order valence-electron chi connectivity index (χ3n) is 2.86. The number of carbonyl (C=O) groups excluding carboxylic acids is 1. The summed E-state index contributed by atoms with van der Waals surface area (Å²) in [7, 11) is 0. The first kappa shape index (κ1) is 11.5. The van der Waals surface area contributed by atoms with Crippen molar-refractivity contribution in [2.75, 3.05) is 0 Å². The Labute approximate surface area is 96.8 Å².